The minimum Gasteiger partial charge on any atom is -0.379 e. The Morgan fingerprint density at radius 2 is 2.04 bits per heavy atom. The number of nitrogens with zero attached hydrogens (tertiary/aromatic N) is 4. The van der Waals surface area contributed by atoms with E-state index in [9.17, 15) is 0 Å². The first-order chi connectivity index (χ1) is 11.4. The fourth-order valence-corrected chi connectivity index (χ4v) is 3.08. The predicted octanol–water partition coefficient (Wildman–Crippen LogP) is 1.83. The van der Waals surface area contributed by atoms with Crippen molar-refractivity contribution >= 4 is 10.9 Å². The third-order valence-electron chi connectivity index (χ3n) is 4.36. The first-order valence-electron chi connectivity index (χ1n) is 8.12. The maximum absolute atomic E-state index is 5.37. The van der Waals surface area contributed by atoms with E-state index in [1.165, 1.54) is 16.5 Å². The number of H-pyrrole nitrogens is 1. The molecule has 0 unspecified atom stereocenters. The molecular weight excluding hydrogens is 290 g/mol. The second-order valence-corrected chi connectivity index (χ2v) is 5.97. The molecule has 1 aliphatic heterocycles. The monoisotopic (exact) mass is 311 g/mol. The Bertz CT molecular complexity index is 772. The van der Waals surface area contributed by atoms with Crippen LogP contribution in [0, 0.1) is 0 Å². The zero-order valence-corrected chi connectivity index (χ0v) is 13.1. The van der Waals surface area contributed by atoms with E-state index in [0.717, 1.165) is 51.5 Å². The number of para-hydroxylation sites is 1. The number of aromatic amines is 1. The lowest BCUT2D eigenvalue weighted by Gasteiger charge is -2.25. The molecule has 1 N–H and O–H groups in total. The lowest BCUT2D eigenvalue weighted by molar-refractivity contribution is 0.0336. The molecule has 0 atom stereocenters. The molecule has 0 aliphatic carbocycles. The number of ether oxygens (including phenoxy) is 1. The van der Waals surface area contributed by atoms with Gasteiger partial charge >= 0.3 is 0 Å². The highest BCUT2D eigenvalue weighted by Gasteiger charge is 2.12. The fourth-order valence-electron chi connectivity index (χ4n) is 3.08. The first kappa shape index (κ1) is 14.4. The van der Waals surface area contributed by atoms with Crippen LogP contribution >= 0.6 is 0 Å². The number of aryl methyl sites for hydroxylation is 2. The number of hydrogen-bond acceptors (Lipinski definition) is 4. The zero-order chi connectivity index (χ0) is 15.5. The van der Waals surface area contributed by atoms with Crippen LogP contribution in [-0.4, -0.2) is 51.2 Å². The Morgan fingerprint density at radius 3 is 2.96 bits per heavy atom. The van der Waals surface area contributed by atoms with Crippen LogP contribution in [0.3, 0.4) is 0 Å². The molecule has 0 bridgehead atoms. The number of rotatable bonds is 5. The number of fused-ring (bicyclic) bond motifs is 1. The molecule has 3 aromatic rings. The maximum atomic E-state index is 5.37. The number of nitrogens with one attached hydrogen (secondary N) is 1. The molecule has 0 amide bonds. The van der Waals surface area contributed by atoms with Crippen molar-refractivity contribution in [3.8, 4) is 0 Å². The van der Waals surface area contributed by atoms with Crippen LogP contribution in [0.5, 0.6) is 0 Å². The average molecular weight is 311 g/mol. The van der Waals surface area contributed by atoms with Gasteiger partial charge in [0.2, 0.25) is 0 Å². The van der Waals surface area contributed by atoms with Crippen molar-refractivity contribution in [2.45, 2.75) is 19.5 Å². The summed E-state index contributed by atoms with van der Waals surface area (Å²) < 4.78 is 7.31. The smallest absolute Gasteiger partial charge is 0.0967 e. The molecule has 1 fully saturated rings. The van der Waals surface area contributed by atoms with Crippen LogP contribution in [0.1, 0.15) is 11.3 Å². The predicted molar refractivity (Wildman–Crippen MR) is 88.1 cm³/mol. The minimum absolute atomic E-state index is 0.814. The molecule has 6 nitrogen and oxygen atoms in total. The highest BCUT2D eigenvalue weighted by Crippen LogP contribution is 2.18. The van der Waals surface area contributed by atoms with Crippen molar-refractivity contribution in [3.05, 3.63) is 47.9 Å². The third-order valence-corrected chi connectivity index (χ3v) is 4.36. The van der Waals surface area contributed by atoms with E-state index in [4.69, 9.17) is 4.74 Å². The summed E-state index contributed by atoms with van der Waals surface area (Å²) in [6.07, 6.45) is 5.10. The summed E-state index contributed by atoms with van der Waals surface area (Å²) in [5, 5.41) is 9.85. The van der Waals surface area contributed by atoms with E-state index in [-0.39, 0.29) is 0 Å². The molecule has 4 rings (SSSR count). The van der Waals surface area contributed by atoms with Crippen LogP contribution in [0.25, 0.3) is 10.9 Å². The van der Waals surface area contributed by atoms with Gasteiger partial charge in [0.05, 0.1) is 18.9 Å². The van der Waals surface area contributed by atoms with Crippen molar-refractivity contribution in [3.63, 3.8) is 0 Å². The number of benzene rings is 1. The van der Waals surface area contributed by atoms with E-state index in [2.05, 4.69) is 56.9 Å². The number of hydrogen-bond donors (Lipinski definition) is 1. The summed E-state index contributed by atoms with van der Waals surface area (Å²) in [6.45, 7) is 5.28. The van der Waals surface area contributed by atoms with Gasteiger partial charge in [-0.15, -0.1) is 5.10 Å². The van der Waals surface area contributed by atoms with Gasteiger partial charge in [-0.2, -0.15) is 0 Å². The van der Waals surface area contributed by atoms with E-state index >= 15 is 0 Å². The Labute approximate surface area is 135 Å². The summed E-state index contributed by atoms with van der Waals surface area (Å²) in [7, 11) is 0. The second kappa shape index (κ2) is 6.52. The standard InChI is InChI=1S/C17H21N5O/c1-2-4-17-16(3-1)14(11-18-17)5-6-22-13-15(19-20-22)12-21-7-9-23-10-8-21/h1-4,11,13,18H,5-10,12H2. The largest absolute Gasteiger partial charge is 0.379 e. The average Bonchev–Trinajstić information content (AvgIpc) is 3.21. The van der Waals surface area contributed by atoms with Crippen LogP contribution in [-0.2, 0) is 24.2 Å². The number of aromatic nitrogens is 4. The van der Waals surface area contributed by atoms with E-state index in [0.29, 0.717) is 0 Å². The van der Waals surface area contributed by atoms with Crippen molar-refractivity contribution in [2.24, 2.45) is 0 Å². The Hall–Kier alpha value is -2.18. The molecule has 0 spiro atoms. The normalized spacial score (nSPS) is 16.2. The van der Waals surface area contributed by atoms with Crippen molar-refractivity contribution in [1.29, 1.82) is 0 Å². The van der Waals surface area contributed by atoms with E-state index < -0.39 is 0 Å². The molecule has 0 radical (unpaired) electrons. The van der Waals surface area contributed by atoms with Crippen LogP contribution in [0.4, 0.5) is 0 Å². The van der Waals surface area contributed by atoms with Crippen molar-refractivity contribution in [2.75, 3.05) is 26.3 Å². The lowest BCUT2D eigenvalue weighted by atomic mass is 10.1. The molecule has 120 valence electrons. The van der Waals surface area contributed by atoms with Gasteiger partial charge in [-0.25, -0.2) is 0 Å². The summed E-state index contributed by atoms with van der Waals surface area (Å²) in [4.78, 5) is 5.68. The Balaban J connectivity index is 1.38. The van der Waals surface area contributed by atoms with Crippen LogP contribution in [0.2, 0.25) is 0 Å². The third kappa shape index (κ3) is 3.28. The highest BCUT2D eigenvalue weighted by molar-refractivity contribution is 5.82. The molecule has 6 heteroatoms. The van der Waals surface area contributed by atoms with Crippen LogP contribution < -0.4 is 0 Å². The van der Waals surface area contributed by atoms with Gasteiger partial charge in [0, 0.05) is 49.5 Å². The summed E-state index contributed by atoms with van der Waals surface area (Å²) in [5.41, 5.74) is 3.55. The van der Waals surface area contributed by atoms with Gasteiger partial charge < -0.3 is 9.72 Å². The second-order valence-electron chi connectivity index (χ2n) is 5.97. The zero-order valence-electron chi connectivity index (χ0n) is 13.1. The van der Waals surface area contributed by atoms with E-state index in [1.54, 1.807) is 0 Å². The van der Waals surface area contributed by atoms with Crippen molar-refractivity contribution < 1.29 is 4.74 Å². The molecule has 1 aliphatic rings. The summed E-state index contributed by atoms with van der Waals surface area (Å²) >= 11 is 0. The molecule has 1 saturated heterocycles. The van der Waals surface area contributed by atoms with Gasteiger partial charge in [0.15, 0.2) is 0 Å². The van der Waals surface area contributed by atoms with Crippen LogP contribution in [0.15, 0.2) is 36.7 Å². The SMILES string of the molecule is c1ccc2c(CCn3cc(CN4CCOCC4)nn3)c[nH]c2c1. The fraction of sp³-hybridized carbons (Fsp3) is 0.412. The first-order valence-corrected chi connectivity index (χ1v) is 8.12. The van der Waals surface area contributed by atoms with Gasteiger partial charge in [-0.05, 0) is 18.1 Å². The molecular formula is C17H21N5O. The van der Waals surface area contributed by atoms with E-state index in [1.807, 2.05) is 4.68 Å². The van der Waals surface area contributed by atoms with Gasteiger partial charge in [-0.1, -0.05) is 23.4 Å². The topological polar surface area (TPSA) is 59.0 Å². The molecule has 23 heavy (non-hydrogen) atoms. The quantitative estimate of drug-likeness (QED) is 0.781. The molecule has 0 saturated carbocycles. The lowest BCUT2D eigenvalue weighted by Crippen LogP contribution is -2.35. The van der Waals surface area contributed by atoms with Gasteiger partial charge in [0.1, 0.15) is 0 Å². The summed E-state index contributed by atoms with van der Waals surface area (Å²) in [6, 6.07) is 8.40. The van der Waals surface area contributed by atoms with Crippen molar-refractivity contribution in [1.82, 2.24) is 24.9 Å². The Morgan fingerprint density at radius 1 is 1.17 bits per heavy atom. The van der Waals surface area contributed by atoms with Gasteiger partial charge in [-0.3, -0.25) is 9.58 Å². The summed E-state index contributed by atoms with van der Waals surface area (Å²) in [5.74, 6) is 0. The van der Waals surface area contributed by atoms with Gasteiger partial charge in [0.25, 0.3) is 0 Å². The highest BCUT2D eigenvalue weighted by atomic mass is 16.5. The molecule has 1 aromatic carbocycles. The molecule has 3 heterocycles. The number of morpholine rings is 1. The molecule has 2 aromatic heterocycles. The Kier molecular flexibility index (Phi) is 4.08. The maximum Gasteiger partial charge on any atom is 0.0967 e. The minimum atomic E-state index is 0.814.